The lowest BCUT2D eigenvalue weighted by atomic mass is 10.0. The molecule has 2 rings (SSSR count). The van der Waals surface area contributed by atoms with Crippen LogP contribution in [-0.4, -0.2) is 12.5 Å². The van der Waals surface area contributed by atoms with Crippen LogP contribution in [0.5, 0.6) is 0 Å². The van der Waals surface area contributed by atoms with Crippen LogP contribution < -0.4 is 5.32 Å². The number of nitrogens with one attached hydrogen (secondary N) is 1. The molecule has 3 heteroatoms. The Morgan fingerprint density at radius 1 is 1.26 bits per heavy atom. The molecule has 1 N–H and O–H groups in total. The summed E-state index contributed by atoms with van der Waals surface area (Å²) in [5.74, 6) is 0.578. The largest absolute Gasteiger partial charge is 0.352 e. The molecule has 19 heavy (non-hydrogen) atoms. The first-order chi connectivity index (χ1) is 8.68. The van der Waals surface area contributed by atoms with E-state index in [0.29, 0.717) is 16.7 Å². The minimum atomic E-state index is 0.0223. The minimum absolute atomic E-state index is 0.0223. The van der Waals surface area contributed by atoms with E-state index in [4.69, 9.17) is 0 Å². The monoisotopic (exact) mass is 323 g/mol. The molecule has 0 radical (unpaired) electrons. The van der Waals surface area contributed by atoms with E-state index in [1.54, 1.807) is 0 Å². The highest BCUT2D eigenvalue weighted by molar-refractivity contribution is 9.10. The second-order valence-electron chi connectivity index (χ2n) is 6.67. The number of hydrogen-bond acceptors (Lipinski definition) is 1. The first kappa shape index (κ1) is 14.6. The van der Waals surface area contributed by atoms with Crippen LogP contribution in [0.1, 0.15) is 43.6 Å². The summed E-state index contributed by atoms with van der Waals surface area (Å²) in [5, 5.41) is 3.06. The average molecular weight is 324 g/mol. The van der Waals surface area contributed by atoms with Crippen LogP contribution >= 0.6 is 15.9 Å². The van der Waals surface area contributed by atoms with E-state index < -0.39 is 0 Å². The first-order valence-electron chi connectivity index (χ1n) is 6.72. The van der Waals surface area contributed by atoms with Crippen molar-refractivity contribution in [3.8, 4) is 0 Å². The third-order valence-corrected chi connectivity index (χ3v) is 6.10. The van der Waals surface area contributed by atoms with Gasteiger partial charge in [0, 0.05) is 16.6 Å². The summed E-state index contributed by atoms with van der Waals surface area (Å²) in [6, 6.07) is 5.70. The van der Waals surface area contributed by atoms with E-state index in [0.717, 1.165) is 22.1 Å². The number of carbonyl (C=O) groups excluding carboxylic acids is 1. The zero-order valence-electron chi connectivity index (χ0n) is 12.3. The van der Waals surface area contributed by atoms with Crippen LogP contribution in [0, 0.1) is 23.7 Å². The Kier molecular flexibility index (Phi) is 3.54. The number of hydrogen-bond donors (Lipinski definition) is 1. The Morgan fingerprint density at radius 3 is 2.32 bits per heavy atom. The molecule has 1 fully saturated rings. The second-order valence-corrected chi connectivity index (χ2v) is 7.52. The van der Waals surface area contributed by atoms with Gasteiger partial charge >= 0.3 is 0 Å². The molecule has 0 aliphatic heterocycles. The Hall–Kier alpha value is -0.830. The van der Waals surface area contributed by atoms with E-state index in [1.807, 2.05) is 25.1 Å². The molecule has 0 aromatic heterocycles. The average Bonchev–Trinajstić information content (AvgIpc) is 2.70. The first-order valence-corrected chi connectivity index (χ1v) is 7.51. The summed E-state index contributed by atoms with van der Waals surface area (Å²) < 4.78 is 1.04. The van der Waals surface area contributed by atoms with Gasteiger partial charge in [0.1, 0.15) is 0 Å². The van der Waals surface area contributed by atoms with Gasteiger partial charge in [0.15, 0.2) is 0 Å². The van der Waals surface area contributed by atoms with Crippen molar-refractivity contribution in [2.45, 2.75) is 34.6 Å². The number of amides is 1. The van der Waals surface area contributed by atoms with Crippen molar-refractivity contribution >= 4 is 21.8 Å². The van der Waals surface area contributed by atoms with Crippen molar-refractivity contribution in [3.05, 3.63) is 33.8 Å². The highest BCUT2D eigenvalue weighted by Crippen LogP contribution is 2.67. The molecule has 104 valence electrons. The molecule has 0 heterocycles. The highest BCUT2D eigenvalue weighted by Gasteiger charge is 2.64. The molecule has 0 saturated heterocycles. The molecule has 1 aromatic rings. The molecule has 1 aliphatic carbocycles. The van der Waals surface area contributed by atoms with Gasteiger partial charge in [-0.15, -0.1) is 0 Å². The Bertz CT molecular complexity index is 505. The van der Waals surface area contributed by atoms with E-state index in [9.17, 15) is 4.79 Å². The van der Waals surface area contributed by atoms with Gasteiger partial charge in [-0.05, 0) is 47.4 Å². The van der Waals surface area contributed by atoms with E-state index in [-0.39, 0.29) is 5.91 Å². The molecule has 1 saturated carbocycles. The van der Waals surface area contributed by atoms with Gasteiger partial charge in [0.25, 0.3) is 5.91 Å². The Balaban J connectivity index is 1.98. The zero-order valence-corrected chi connectivity index (χ0v) is 13.9. The predicted octanol–water partition coefficient (Wildman–Crippen LogP) is 4.17. The van der Waals surface area contributed by atoms with Crippen LogP contribution in [0.3, 0.4) is 0 Å². The van der Waals surface area contributed by atoms with Gasteiger partial charge in [-0.2, -0.15) is 0 Å². The van der Waals surface area contributed by atoms with Crippen molar-refractivity contribution in [1.29, 1.82) is 0 Å². The lowest BCUT2D eigenvalue weighted by Crippen LogP contribution is -2.27. The van der Waals surface area contributed by atoms with Gasteiger partial charge in [-0.1, -0.05) is 43.6 Å². The number of carbonyl (C=O) groups is 1. The highest BCUT2D eigenvalue weighted by atomic mass is 79.9. The van der Waals surface area contributed by atoms with Crippen molar-refractivity contribution in [2.75, 3.05) is 6.54 Å². The second kappa shape index (κ2) is 4.62. The summed E-state index contributed by atoms with van der Waals surface area (Å²) >= 11 is 3.45. The maximum absolute atomic E-state index is 12.1. The quantitative estimate of drug-likeness (QED) is 0.888. The fourth-order valence-electron chi connectivity index (χ4n) is 2.93. The third kappa shape index (κ3) is 2.45. The summed E-state index contributed by atoms with van der Waals surface area (Å²) in [6.45, 7) is 11.8. The van der Waals surface area contributed by atoms with E-state index >= 15 is 0 Å². The minimum Gasteiger partial charge on any atom is -0.352 e. The predicted molar refractivity (Wildman–Crippen MR) is 82.3 cm³/mol. The van der Waals surface area contributed by atoms with Gasteiger partial charge in [0.2, 0.25) is 0 Å². The van der Waals surface area contributed by atoms with Crippen molar-refractivity contribution in [1.82, 2.24) is 5.32 Å². The molecular weight excluding hydrogens is 302 g/mol. The molecule has 0 spiro atoms. The van der Waals surface area contributed by atoms with E-state index in [2.05, 4.69) is 48.9 Å². The molecule has 2 nitrogen and oxygen atoms in total. The summed E-state index contributed by atoms with van der Waals surface area (Å²) in [6.07, 6.45) is 0. The van der Waals surface area contributed by atoms with Gasteiger partial charge < -0.3 is 5.32 Å². The Morgan fingerprint density at radius 2 is 1.84 bits per heavy atom. The number of benzene rings is 1. The standard InChI is InChI=1S/C16H22BrNO/c1-10-8-11(6-7-12(10)17)14(19)18-9-13-15(2,3)16(13,4)5/h6-8,13H,9H2,1-5H3,(H,18,19). The fourth-order valence-corrected chi connectivity index (χ4v) is 3.17. The number of halogens is 1. The smallest absolute Gasteiger partial charge is 0.251 e. The van der Waals surface area contributed by atoms with Gasteiger partial charge in [-0.3, -0.25) is 4.79 Å². The molecular formula is C16H22BrNO. The van der Waals surface area contributed by atoms with Crippen molar-refractivity contribution in [2.24, 2.45) is 16.7 Å². The summed E-state index contributed by atoms with van der Waals surface area (Å²) in [7, 11) is 0. The summed E-state index contributed by atoms with van der Waals surface area (Å²) in [4.78, 5) is 12.1. The maximum Gasteiger partial charge on any atom is 0.251 e. The molecule has 0 unspecified atom stereocenters. The van der Waals surface area contributed by atoms with Gasteiger partial charge in [0.05, 0.1) is 0 Å². The van der Waals surface area contributed by atoms with Crippen LogP contribution in [-0.2, 0) is 0 Å². The molecule has 1 aromatic carbocycles. The molecule has 1 amide bonds. The Labute approximate surface area is 124 Å². The molecule has 1 aliphatic rings. The normalized spacial score (nSPS) is 20.1. The lowest BCUT2D eigenvalue weighted by molar-refractivity contribution is 0.0950. The molecule has 0 atom stereocenters. The van der Waals surface area contributed by atoms with Crippen LogP contribution in [0.2, 0.25) is 0 Å². The number of rotatable bonds is 3. The van der Waals surface area contributed by atoms with Crippen LogP contribution in [0.15, 0.2) is 22.7 Å². The summed E-state index contributed by atoms with van der Waals surface area (Å²) in [5.41, 5.74) is 2.45. The SMILES string of the molecule is Cc1cc(C(=O)NCC2C(C)(C)C2(C)C)ccc1Br. The third-order valence-electron chi connectivity index (χ3n) is 5.21. The van der Waals surface area contributed by atoms with Crippen LogP contribution in [0.4, 0.5) is 0 Å². The van der Waals surface area contributed by atoms with E-state index in [1.165, 1.54) is 0 Å². The van der Waals surface area contributed by atoms with Crippen molar-refractivity contribution < 1.29 is 4.79 Å². The molecule has 0 bridgehead atoms. The maximum atomic E-state index is 12.1. The van der Waals surface area contributed by atoms with Crippen LogP contribution in [0.25, 0.3) is 0 Å². The van der Waals surface area contributed by atoms with Gasteiger partial charge in [-0.25, -0.2) is 0 Å². The van der Waals surface area contributed by atoms with Crippen molar-refractivity contribution in [3.63, 3.8) is 0 Å². The fraction of sp³-hybridized carbons (Fsp3) is 0.562. The zero-order chi connectivity index (χ0) is 14.4. The topological polar surface area (TPSA) is 29.1 Å². The number of aryl methyl sites for hydroxylation is 1. The lowest BCUT2D eigenvalue weighted by Gasteiger charge is -2.08.